The summed E-state index contributed by atoms with van der Waals surface area (Å²) in [5.74, 6) is 1.58. The van der Waals surface area contributed by atoms with Crippen molar-refractivity contribution in [2.75, 3.05) is 7.11 Å². The largest absolute Gasteiger partial charge is 0.496 e. The summed E-state index contributed by atoms with van der Waals surface area (Å²) >= 11 is 0. The van der Waals surface area contributed by atoms with Crippen LogP contribution in [0.4, 0.5) is 0 Å². The number of para-hydroxylation sites is 1. The van der Waals surface area contributed by atoms with Crippen molar-refractivity contribution < 1.29 is 14.4 Å². The molecule has 0 radical (unpaired) electrons. The molecule has 0 fully saturated rings. The third-order valence-electron chi connectivity index (χ3n) is 2.29. The number of aliphatic hydroxyl groups excluding tert-OH is 1. The standard InChI is InChI=1S/C12H14N2O3/c1-8(15)7-11-13-12(14-17-11)9-5-3-4-6-10(9)16-2/h3-6,8,15H,7H2,1-2H3. The smallest absolute Gasteiger partial charge is 0.229 e. The lowest BCUT2D eigenvalue weighted by atomic mass is 10.2. The molecule has 1 heterocycles. The molecule has 2 aromatic rings. The molecular formula is C12H14N2O3. The highest BCUT2D eigenvalue weighted by atomic mass is 16.5. The summed E-state index contributed by atoms with van der Waals surface area (Å²) in [7, 11) is 1.59. The van der Waals surface area contributed by atoms with E-state index in [0.29, 0.717) is 23.9 Å². The summed E-state index contributed by atoms with van der Waals surface area (Å²) in [6.07, 6.45) is -0.150. The first-order valence-electron chi connectivity index (χ1n) is 5.34. The van der Waals surface area contributed by atoms with Crippen LogP contribution >= 0.6 is 0 Å². The van der Waals surface area contributed by atoms with Crippen LogP contribution < -0.4 is 4.74 Å². The molecule has 1 N–H and O–H groups in total. The average molecular weight is 234 g/mol. The third kappa shape index (κ3) is 2.62. The van der Waals surface area contributed by atoms with Gasteiger partial charge in [-0.1, -0.05) is 17.3 Å². The van der Waals surface area contributed by atoms with E-state index in [1.807, 2.05) is 24.3 Å². The Morgan fingerprint density at radius 3 is 2.88 bits per heavy atom. The number of ether oxygens (including phenoxy) is 1. The van der Waals surface area contributed by atoms with Crippen LogP contribution in [0.1, 0.15) is 12.8 Å². The first kappa shape index (κ1) is 11.6. The third-order valence-corrected chi connectivity index (χ3v) is 2.29. The highest BCUT2D eigenvalue weighted by Crippen LogP contribution is 2.27. The Bertz CT molecular complexity index is 494. The summed E-state index contributed by atoms with van der Waals surface area (Å²) in [6.45, 7) is 1.67. The molecule has 17 heavy (non-hydrogen) atoms. The van der Waals surface area contributed by atoms with Gasteiger partial charge in [0.15, 0.2) is 0 Å². The molecule has 1 unspecified atom stereocenters. The normalized spacial score (nSPS) is 12.4. The van der Waals surface area contributed by atoms with Crippen molar-refractivity contribution in [3.8, 4) is 17.1 Å². The lowest BCUT2D eigenvalue weighted by Gasteiger charge is -2.03. The number of hydrogen-bond donors (Lipinski definition) is 1. The van der Waals surface area contributed by atoms with Gasteiger partial charge in [0.25, 0.3) is 0 Å². The molecule has 1 aromatic carbocycles. The molecule has 2 rings (SSSR count). The van der Waals surface area contributed by atoms with Gasteiger partial charge in [0.1, 0.15) is 5.75 Å². The molecule has 0 aliphatic heterocycles. The van der Waals surface area contributed by atoms with E-state index in [4.69, 9.17) is 9.26 Å². The lowest BCUT2D eigenvalue weighted by Crippen LogP contribution is -2.04. The van der Waals surface area contributed by atoms with E-state index in [1.54, 1.807) is 14.0 Å². The van der Waals surface area contributed by atoms with Crippen LogP contribution in [0.2, 0.25) is 0 Å². The second-order valence-corrected chi connectivity index (χ2v) is 3.77. The molecule has 5 heteroatoms. The summed E-state index contributed by atoms with van der Waals surface area (Å²) in [5, 5.41) is 13.1. The SMILES string of the molecule is COc1ccccc1-c1noc(CC(C)O)n1. The molecular weight excluding hydrogens is 220 g/mol. The van der Waals surface area contributed by atoms with E-state index in [0.717, 1.165) is 5.56 Å². The maximum Gasteiger partial charge on any atom is 0.229 e. The van der Waals surface area contributed by atoms with E-state index < -0.39 is 6.10 Å². The molecule has 0 amide bonds. The van der Waals surface area contributed by atoms with Gasteiger partial charge in [0, 0.05) is 0 Å². The highest BCUT2D eigenvalue weighted by molar-refractivity contribution is 5.63. The fourth-order valence-electron chi connectivity index (χ4n) is 1.53. The van der Waals surface area contributed by atoms with Crippen molar-refractivity contribution in [2.45, 2.75) is 19.4 Å². The van der Waals surface area contributed by atoms with Gasteiger partial charge in [0.05, 0.1) is 25.2 Å². The Balaban J connectivity index is 2.30. The van der Waals surface area contributed by atoms with Gasteiger partial charge in [-0.2, -0.15) is 4.98 Å². The summed E-state index contributed by atoms with van der Waals surface area (Å²) < 4.78 is 10.3. The van der Waals surface area contributed by atoms with Crippen molar-refractivity contribution in [2.24, 2.45) is 0 Å². The number of benzene rings is 1. The number of nitrogens with zero attached hydrogens (tertiary/aromatic N) is 2. The van der Waals surface area contributed by atoms with Crippen molar-refractivity contribution in [1.82, 2.24) is 10.1 Å². The van der Waals surface area contributed by atoms with Crippen molar-refractivity contribution in [1.29, 1.82) is 0 Å². The monoisotopic (exact) mass is 234 g/mol. The second kappa shape index (κ2) is 4.97. The number of aliphatic hydroxyl groups is 1. The van der Waals surface area contributed by atoms with Gasteiger partial charge in [-0.25, -0.2) is 0 Å². The maximum atomic E-state index is 9.23. The van der Waals surface area contributed by atoms with Crippen LogP contribution in [0.15, 0.2) is 28.8 Å². The molecule has 1 aromatic heterocycles. The zero-order chi connectivity index (χ0) is 12.3. The fraction of sp³-hybridized carbons (Fsp3) is 0.333. The zero-order valence-electron chi connectivity index (χ0n) is 9.75. The predicted octanol–water partition coefficient (Wildman–Crippen LogP) is 1.67. The second-order valence-electron chi connectivity index (χ2n) is 3.77. The summed E-state index contributed by atoms with van der Waals surface area (Å²) in [6, 6.07) is 7.44. The van der Waals surface area contributed by atoms with Crippen molar-refractivity contribution in [3.05, 3.63) is 30.2 Å². The quantitative estimate of drug-likeness (QED) is 0.871. The Morgan fingerprint density at radius 1 is 1.41 bits per heavy atom. The van der Waals surface area contributed by atoms with Gasteiger partial charge >= 0.3 is 0 Å². The minimum Gasteiger partial charge on any atom is -0.496 e. The predicted molar refractivity (Wildman–Crippen MR) is 61.7 cm³/mol. The van der Waals surface area contributed by atoms with Crippen molar-refractivity contribution in [3.63, 3.8) is 0 Å². The molecule has 1 atom stereocenters. The first-order chi connectivity index (χ1) is 8.20. The lowest BCUT2D eigenvalue weighted by molar-refractivity contribution is 0.181. The van der Waals surface area contributed by atoms with Crippen molar-refractivity contribution >= 4 is 0 Å². The van der Waals surface area contributed by atoms with Crippen LogP contribution in [-0.4, -0.2) is 28.5 Å². The maximum absolute atomic E-state index is 9.23. The van der Waals surface area contributed by atoms with Gasteiger partial charge in [-0.05, 0) is 19.1 Å². The Labute approximate surface area is 99.0 Å². The number of methoxy groups -OCH3 is 1. The molecule has 90 valence electrons. The summed E-state index contributed by atoms with van der Waals surface area (Å²) in [5.41, 5.74) is 0.774. The number of rotatable bonds is 4. The topological polar surface area (TPSA) is 68.4 Å². The van der Waals surface area contributed by atoms with E-state index in [9.17, 15) is 5.11 Å². The molecule has 0 saturated carbocycles. The number of aromatic nitrogens is 2. The first-order valence-corrected chi connectivity index (χ1v) is 5.34. The summed E-state index contributed by atoms with van der Waals surface area (Å²) in [4.78, 5) is 4.21. The Hall–Kier alpha value is -1.88. The van der Waals surface area contributed by atoms with Gasteiger partial charge in [-0.3, -0.25) is 0 Å². The molecule has 0 spiro atoms. The molecule has 0 bridgehead atoms. The van der Waals surface area contributed by atoms with Crippen LogP contribution in [-0.2, 0) is 6.42 Å². The molecule has 0 aliphatic rings. The van der Waals surface area contributed by atoms with Gasteiger partial charge in [0.2, 0.25) is 11.7 Å². The van der Waals surface area contributed by atoms with Crippen LogP contribution in [0, 0.1) is 0 Å². The molecule has 5 nitrogen and oxygen atoms in total. The average Bonchev–Trinajstić information content (AvgIpc) is 2.76. The van der Waals surface area contributed by atoms with E-state index >= 15 is 0 Å². The van der Waals surface area contributed by atoms with E-state index in [2.05, 4.69) is 10.1 Å². The fourth-order valence-corrected chi connectivity index (χ4v) is 1.53. The highest BCUT2D eigenvalue weighted by Gasteiger charge is 2.13. The zero-order valence-corrected chi connectivity index (χ0v) is 9.75. The minimum absolute atomic E-state index is 0.349. The van der Waals surface area contributed by atoms with Gasteiger partial charge < -0.3 is 14.4 Å². The molecule has 0 aliphatic carbocycles. The van der Waals surface area contributed by atoms with Crippen LogP contribution in [0.5, 0.6) is 5.75 Å². The van der Waals surface area contributed by atoms with Crippen LogP contribution in [0.3, 0.4) is 0 Å². The van der Waals surface area contributed by atoms with E-state index in [1.165, 1.54) is 0 Å². The van der Waals surface area contributed by atoms with Crippen LogP contribution in [0.25, 0.3) is 11.4 Å². The van der Waals surface area contributed by atoms with E-state index in [-0.39, 0.29) is 0 Å². The Kier molecular flexibility index (Phi) is 3.39. The Morgan fingerprint density at radius 2 is 2.18 bits per heavy atom. The minimum atomic E-state index is -0.499. The van der Waals surface area contributed by atoms with Gasteiger partial charge in [-0.15, -0.1) is 0 Å². The molecule has 0 saturated heterocycles. The number of hydrogen-bond acceptors (Lipinski definition) is 5.